The van der Waals surface area contributed by atoms with E-state index in [9.17, 15) is 0 Å². The van der Waals surface area contributed by atoms with Crippen LogP contribution in [0.15, 0.2) is 53.5 Å². The molecule has 3 heteroatoms. The third-order valence-electron chi connectivity index (χ3n) is 4.74. The molecule has 5 rings (SSSR count). The Morgan fingerprint density at radius 1 is 0.792 bits per heavy atom. The fourth-order valence-electron chi connectivity index (χ4n) is 3.61. The Labute approximate surface area is 149 Å². The molecule has 2 aliphatic rings. The Morgan fingerprint density at radius 3 is 2.42 bits per heavy atom. The zero-order valence-electron chi connectivity index (χ0n) is 13.7. The summed E-state index contributed by atoms with van der Waals surface area (Å²) in [5.41, 5.74) is 3.17. The van der Waals surface area contributed by atoms with E-state index in [2.05, 4.69) is 58.3 Å². The molecule has 0 bridgehead atoms. The van der Waals surface area contributed by atoms with Crippen LogP contribution in [-0.4, -0.2) is 19.6 Å². The maximum absolute atomic E-state index is 4.65. The summed E-state index contributed by atoms with van der Waals surface area (Å²) in [5.74, 6) is 0. The molecule has 24 heavy (non-hydrogen) atoms. The highest BCUT2D eigenvalue weighted by molar-refractivity contribution is 6.08. The standard InChI is InChI=1S/C18H16.C3H5NO.ClH/c1-3-7-15-13(5-1)9-11-18-16-8-4-2-6-14(16)10-12-17(15)18;1-2-5-3-4-1;/h1,3,5,7,9-12H,2,4,6,8H2;3H,1-2H2;1H. The minimum absolute atomic E-state index is 0. The van der Waals surface area contributed by atoms with E-state index < -0.39 is 0 Å². The van der Waals surface area contributed by atoms with Crippen molar-refractivity contribution in [3.63, 3.8) is 0 Å². The Hall–Kier alpha value is -2.06. The first-order chi connectivity index (χ1) is 11.4. The first-order valence-electron chi connectivity index (χ1n) is 8.45. The molecule has 0 saturated carbocycles. The zero-order valence-corrected chi connectivity index (χ0v) is 14.5. The van der Waals surface area contributed by atoms with Crippen LogP contribution in [0.3, 0.4) is 0 Å². The normalized spacial score (nSPS) is 15.2. The summed E-state index contributed by atoms with van der Waals surface area (Å²) in [6, 6.07) is 18.0. The summed E-state index contributed by atoms with van der Waals surface area (Å²) >= 11 is 0. The minimum atomic E-state index is 0. The van der Waals surface area contributed by atoms with Gasteiger partial charge < -0.3 is 4.74 Å². The van der Waals surface area contributed by atoms with E-state index in [1.54, 1.807) is 11.1 Å². The molecule has 3 aromatic rings. The molecule has 1 heterocycles. The fourth-order valence-corrected chi connectivity index (χ4v) is 3.61. The number of benzene rings is 3. The van der Waals surface area contributed by atoms with Gasteiger partial charge in [0.25, 0.3) is 0 Å². The second kappa shape index (κ2) is 7.67. The molecule has 1 aliphatic carbocycles. The number of aliphatic imine (C=N–C) groups is 1. The number of rotatable bonds is 0. The molecule has 0 aromatic heterocycles. The number of hydrogen-bond acceptors (Lipinski definition) is 2. The van der Waals surface area contributed by atoms with Crippen LogP contribution in [0.4, 0.5) is 0 Å². The summed E-state index contributed by atoms with van der Waals surface area (Å²) in [6.07, 6.45) is 6.70. The van der Waals surface area contributed by atoms with Crippen LogP contribution in [-0.2, 0) is 17.6 Å². The number of aryl methyl sites for hydroxylation is 2. The lowest BCUT2D eigenvalue weighted by Crippen LogP contribution is -2.02. The summed E-state index contributed by atoms with van der Waals surface area (Å²) < 4.78 is 4.65. The zero-order chi connectivity index (χ0) is 15.5. The lowest BCUT2D eigenvalue weighted by molar-refractivity contribution is 0.361. The molecule has 2 nitrogen and oxygen atoms in total. The molecule has 0 saturated heterocycles. The van der Waals surface area contributed by atoms with E-state index in [1.807, 2.05) is 0 Å². The second-order valence-corrected chi connectivity index (χ2v) is 6.17. The minimum Gasteiger partial charge on any atom is -0.482 e. The predicted octanol–water partition coefficient (Wildman–Crippen LogP) is 5.34. The van der Waals surface area contributed by atoms with Crippen molar-refractivity contribution in [1.82, 2.24) is 0 Å². The first kappa shape index (κ1) is 16.8. The SMILES string of the molecule is C1=NCCO1.Cl.c1ccc2c(c1)ccc1c3c(ccc12)CCCC3. The van der Waals surface area contributed by atoms with Gasteiger partial charge in [0.15, 0.2) is 6.40 Å². The van der Waals surface area contributed by atoms with Crippen molar-refractivity contribution >= 4 is 40.4 Å². The topological polar surface area (TPSA) is 21.6 Å². The molecule has 0 unspecified atom stereocenters. The largest absolute Gasteiger partial charge is 0.482 e. The average molecular weight is 340 g/mol. The van der Waals surface area contributed by atoms with Crippen LogP contribution >= 0.6 is 12.4 Å². The average Bonchev–Trinajstić information content (AvgIpc) is 3.21. The summed E-state index contributed by atoms with van der Waals surface area (Å²) in [6.45, 7) is 1.62. The Bertz CT molecular complexity index is 866. The molecule has 0 fully saturated rings. The van der Waals surface area contributed by atoms with Gasteiger partial charge in [0.1, 0.15) is 6.61 Å². The van der Waals surface area contributed by atoms with Crippen LogP contribution in [0.2, 0.25) is 0 Å². The lowest BCUT2D eigenvalue weighted by atomic mass is 9.86. The highest BCUT2D eigenvalue weighted by Crippen LogP contribution is 2.33. The van der Waals surface area contributed by atoms with Crippen molar-refractivity contribution in [3.05, 3.63) is 59.7 Å². The molecular weight excluding hydrogens is 318 g/mol. The van der Waals surface area contributed by atoms with Crippen molar-refractivity contribution in [2.75, 3.05) is 13.2 Å². The van der Waals surface area contributed by atoms with Gasteiger partial charge in [0.2, 0.25) is 0 Å². The lowest BCUT2D eigenvalue weighted by Gasteiger charge is -2.18. The molecule has 0 radical (unpaired) electrons. The second-order valence-electron chi connectivity index (χ2n) is 6.17. The highest BCUT2D eigenvalue weighted by Gasteiger charge is 2.13. The van der Waals surface area contributed by atoms with Crippen molar-refractivity contribution < 1.29 is 4.74 Å². The molecular formula is C21H22ClNO. The molecule has 0 N–H and O–H groups in total. The maximum atomic E-state index is 4.65. The number of hydrogen-bond donors (Lipinski definition) is 0. The molecule has 0 amide bonds. The molecule has 124 valence electrons. The van der Waals surface area contributed by atoms with E-state index in [-0.39, 0.29) is 12.4 Å². The van der Waals surface area contributed by atoms with Gasteiger partial charge in [-0.2, -0.15) is 0 Å². The van der Waals surface area contributed by atoms with Crippen LogP contribution in [0, 0.1) is 0 Å². The number of fused-ring (bicyclic) bond motifs is 5. The summed E-state index contributed by atoms with van der Waals surface area (Å²) in [5, 5.41) is 5.64. The molecule has 1 aliphatic heterocycles. The van der Waals surface area contributed by atoms with Crippen molar-refractivity contribution in [3.8, 4) is 0 Å². The number of ether oxygens (including phenoxy) is 1. The van der Waals surface area contributed by atoms with Crippen molar-refractivity contribution in [2.45, 2.75) is 25.7 Å². The number of nitrogens with zero attached hydrogens (tertiary/aromatic N) is 1. The molecule has 3 aromatic carbocycles. The monoisotopic (exact) mass is 339 g/mol. The van der Waals surface area contributed by atoms with Gasteiger partial charge in [0, 0.05) is 0 Å². The van der Waals surface area contributed by atoms with Gasteiger partial charge in [-0.25, -0.2) is 0 Å². The summed E-state index contributed by atoms with van der Waals surface area (Å²) in [4.78, 5) is 3.74. The third kappa shape index (κ3) is 3.25. The van der Waals surface area contributed by atoms with Gasteiger partial charge in [-0.3, -0.25) is 4.99 Å². The first-order valence-corrected chi connectivity index (χ1v) is 8.45. The smallest absolute Gasteiger partial charge is 0.169 e. The van der Waals surface area contributed by atoms with E-state index in [4.69, 9.17) is 0 Å². The van der Waals surface area contributed by atoms with Crippen LogP contribution in [0.25, 0.3) is 21.5 Å². The van der Waals surface area contributed by atoms with Gasteiger partial charge in [0.05, 0.1) is 6.54 Å². The van der Waals surface area contributed by atoms with E-state index in [0.717, 1.165) is 13.2 Å². The fraction of sp³-hybridized carbons (Fsp3) is 0.286. The third-order valence-corrected chi connectivity index (χ3v) is 4.74. The molecule has 0 atom stereocenters. The van der Waals surface area contributed by atoms with E-state index in [0.29, 0.717) is 0 Å². The maximum Gasteiger partial charge on any atom is 0.169 e. The van der Waals surface area contributed by atoms with Crippen molar-refractivity contribution in [2.24, 2.45) is 4.99 Å². The van der Waals surface area contributed by atoms with E-state index >= 15 is 0 Å². The van der Waals surface area contributed by atoms with Crippen LogP contribution < -0.4 is 0 Å². The number of halogens is 1. The van der Waals surface area contributed by atoms with Gasteiger partial charge in [-0.1, -0.05) is 48.5 Å². The quantitative estimate of drug-likeness (QED) is 0.507. The Kier molecular flexibility index (Phi) is 5.37. The summed E-state index contributed by atoms with van der Waals surface area (Å²) in [7, 11) is 0. The van der Waals surface area contributed by atoms with E-state index in [1.165, 1.54) is 53.6 Å². The Balaban J connectivity index is 0.000000245. The van der Waals surface area contributed by atoms with Crippen LogP contribution in [0.1, 0.15) is 24.0 Å². The van der Waals surface area contributed by atoms with Crippen LogP contribution in [0.5, 0.6) is 0 Å². The predicted molar refractivity (Wildman–Crippen MR) is 105 cm³/mol. The van der Waals surface area contributed by atoms with Gasteiger partial charge >= 0.3 is 0 Å². The van der Waals surface area contributed by atoms with Gasteiger partial charge in [-0.05, 0) is 58.4 Å². The van der Waals surface area contributed by atoms with Crippen molar-refractivity contribution in [1.29, 1.82) is 0 Å². The highest BCUT2D eigenvalue weighted by atomic mass is 35.5. The molecule has 0 spiro atoms. The Morgan fingerprint density at radius 2 is 1.62 bits per heavy atom. The van der Waals surface area contributed by atoms with Gasteiger partial charge in [-0.15, -0.1) is 12.4 Å².